The van der Waals surface area contributed by atoms with Crippen molar-refractivity contribution in [1.29, 1.82) is 0 Å². The number of carbonyl (C=O) groups excluding carboxylic acids is 1. The van der Waals surface area contributed by atoms with Gasteiger partial charge in [0.25, 0.3) is 5.70 Å². The molecule has 0 spiro atoms. The minimum Gasteiger partial charge on any atom is -0.466 e. The molecule has 0 unspecified atom stereocenters. The number of benzene rings is 2. The third-order valence-corrected chi connectivity index (χ3v) is 3.77. The first kappa shape index (κ1) is 14.8. The highest BCUT2D eigenvalue weighted by atomic mass is 16.5. The standard InChI is InChI=1S/C20H15NO2/c1-3-4-13-23-20(22)19(21-2)18-16-11-7-5-9-14(16)15-10-6-8-12-17(15)18/h3-12H,13H2,1H3. The van der Waals surface area contributed by atoms with Gasteiger partial charge in [-0.15, -0.1) is 0 Å². The zero-order valence-electron chi connectivity index (χ0n) is 12.7. The maximum atomic E-state index is 12.3. The summed E-state index contributed by atoms with van der Waals surface area (Å²) in [6.07, 6.45) is 3.54. The summed E-state index contributed by atoms with van der Waals surface area (Å²) in [5.74, 6) is -0.584. The lowest BCUT2D eigenvalue weighted by Gasteiger charge is -2.07. The molecule has 1 aliphatic rings. The van der Waals surface area contributed by atoms with Crippen LogP contribution in [0, 0.1) is 6.57 Å². The fourth-order valence-electron chi connectivity index (χ4n) is 2.76. The monoisotopic (exact) mass is 301 g/mol. The van der Waals surface area contributed by atoms with Crippen molar-refractivity contribution in [2.24, 2.45) is 0 Å². The maximum absolute atomic E-state index is 12.3. The summed E-state index contributed by atoms with van der Waals surface area (Å²) in [6.45, 7) is 9.49. The third-order valence-electron chi connectivity index (χ3n) is 3.77. The zero-order chi connectivity index (χ0) is 16.2. The minimum absolute atomic E-state index is 0.0342. The molecular weight excluding hydrogens is 286 g/mol. The molecule has 0 atom stereocenters. The van der Waals surface area contributed by atoms with Gasteiger partial charge in [-0.2, -0.15) is 0 Å². The van der Waals surface area contributed by atoms with Gasteiger partial charge in [0.15, 0.2) is 0 Å². The second-order valence-electron chi connectivity index (χ2n) is 5.09. The SMILES string of the molecule is [C-]#[N+]C(C(=O)OCC=CC)=C1c2ccccc2-c2ccccc21. The molecule has 0 saturated carbocycles. The van der Waals surface area contributed by atoms with Crippen LogP contribution in [0.25, 0.3) is 21.5 Å². The second-order valence-corrected chi connectivity index (χ2v) is 5.09. The third kappa shape index (κ3) is 2.56. The van der Waals surface area contributed by atoms with Crippen molar-refractivity contribution in [2.75, 3.05) is 6.61 Å². The lowest BCUT2D eigenvalue weighted by Crippen LogP contribution is -2.08. The lowest BCUT2D eigenvalue weighted by molar-refractivity contribution is -0.137. The van der Waals surface area contributed by atoms with Crippen molar-refractivity contribution in [2.45, 2.75) is 6.92 Å². The number of nitrogens with zero attached hydrogens (tertiary/aromatic N) is 1. The van der Waals surface area contributed by atoms with Crippen LogP contribution in [-0.2, 0) is 9.53 Å². The molecule has 3 heteroatoms. The van der Waals surface area contributed by atoms with Crippen molar-refractivity contribution in [3.8, 4) is 11.1 Å². The molecule has 0 heterocycles. The van der Waals surface area contributed by atoms with E-state index in [1.54, 1.807) is 12.2 Å². The van der Waals surface area contributed by atoms with Gasteiger partial charge in [-0.3, -0.25) is 4.79 Å². The molecule has 112 valence electrons. The topological polar surface area (TPSA) is 30.7 Å². The van der Waals surface area contributed by atoms with Gasteiger partial charge in [0.2, 0.25) is 0 Å². The Morgan fingerprint density at radius 1 is 1.04 bits per heavy atom. The number of carbonyl (C=O) groups is 1. The maximum Gasteiger partial charge on any atom is 0.337 e. The summed E-state index contributed by atoms with van der Waals surface area (Å²) in [7, 11) is 0. The minimum atomic E-state index is -0.584. The molecule has 0 amide bonds. The Bertz CT molecular complexity index is 822. The van der Waals surface area contributed by atoms with Crippen LogP contribution in [0.15, 0.2) is 66.4 Å². The van der Waals surface area contributed by atoms with Gasteiger partial charge in [0, 0.05) is 5.57 Å². The molecule has 1 aliphatic carbocycles. The number of rotatable bonds is 3. The predicted molar refractivity (Wildman–Crippen MR) is 90.3 cm³/mol. The van der Waals surface area contributed by atoms with E-state index >= 15 is 0 Å². The molecule has 0 bridgehead atoms. The van der Waals surface area contributed by atoms with E-state index < -0.39 is 5.97 Å². The first-order valence-corrected chi connectivity index (χ1v) is 7.37. The van der Waals surface area contributed by atoms with Crippen molar-refractivity contribution in [3.63, 3.8) is 0 Å². The number of allylic oxidation sites excluding steroid dienone is 1. The first-order valence-electron chi connectivity index (χ1n) is 7.37. The summed E-state index contributed by atoms with van der Waals surface area (Å²) in [6, 6.07) is 15.6. The van der Waals surface area contributed by atoms with Crippen LogP contribution in [0.2, 0.25) is 0 Å². The van der Waals surface area contributed by atoms with Gasteiger partial charge in [0.1, 0.15) is 6.61 Å². The molecule has 0 N–H and O–H groups in total. The summed E-state index contributed by atoms with van der Waals surface area (Å²) in [4.78, 5) is 15.8. The van der Waals surface area contributed by atoms with Crippen molar-refractivity contribution >= 4 is 11.5 Å². The average Bonchev–Trinajstić information content (AvgIpc) is 2.91. The summed E-state index contributed by atoms with van der Waals surface area (Å²) in [5.41, 5.74) is 4.59. The first-order chi connectivity index (χ1) is 11.3. The van der Waals surface area contributed by atoms with Gasteiger partial charge >= 0.3 is 5.97 Å². The normalized spacial score (nSPS) is 11.7. The van der Waals surface area contributed by atoms with Crippen molar-refractivity contribution in [3.05, 3.63) is 88.9 Å². The van der Waals surface area contributed by atoms with E-state index in [1.165, 1.54) is 0 Å². The summed E-state index contributed by atoms with van der Waals surface area (Å²) >= 11 is 0. The molecule has 0 radical (unpaired) electrons. The molecule has 0 aromatic heterocycles. The van der Waals surface area contributed by atoms with E-state index in [0.29, 0.717) is 5.57 Å². The van der Waals surface area contributed by atoms with Crippen molar-refractivity contribution < 1.29 is 9.53 Å². The molecule has 0 fully saturated rings. The Hall–Kier alpha value is -3.12. The van der Waals surface area contributed by atoms with Crippen molar-refractivity contribution in [1.82, 2.24) is 0 Å². The second kappa shape index (κ2) is 6.33. The van der Waals surface area contributed by atoms with Crippen LogP contribution < -0.4 is 0 Å². The number of hydrogen-bond acceptors (Lipinski definition) is 2. The van der Waals surface area contributed by atoms with E-state index in [2.05, 4.69) is 4.85 Å². The van der Waals surface area contributed by atoms with Gasteiger partial charge in [-0.25, -0.2) is 4.85 Å². The Kier molecular flexibility index (Phi) is 4.07. The van der Waals surface area contributed by atoms with Gasteiger partial charge in [-0.1, -0.05) is 60.7 Å². The number of ether oxygens (including phenoxy) is 1. The van der Waals surface area contributed by atoms with Crippen LogP contribution in [0.3, 0.4) is 0 Å². The Morgan fingerprint density at radius 3 is 2.04 bits per heavy atom. The summed E-state index contributed by atoms with van der Waals surface area (Å²) < 4.78 is 5.18. The molecule has 0 saturated heterocycles. The van der Waals surface area contributed by atoms with E-state index in [9.17, 15) is 4.79 Å². The Morgan fingerprint density at radius 2 is 1.57 bits per heavy atom. The van der Waals surface area contributed by atoms with Crippen LogP contribution in [0.5, 0.6) is 0 Å². The largest absolute Gasteiger partial charge is 0.466 e. The molecule has 23 heavy (non-hydrogen) atoms. The van der Waals surface area contributed by atoms with E-state index in [0.717, 1.165) is 22.3 Å². The highest BCUT2D eigenvalue weighted by molar-refractivity contribution is 6.11. The van der Waals surface area contributed by atoms with Gasteiger partial charge in [-0.05, 0) is 29.2 Å². The van der Waals surface area contributed by atoms with E-state index in [4.69, 9.17) is 11.3 Å². The fourth-order valence-corrected chi connectivity index (χ4v) is 2.76. The quantitative estimate of drug-likeness (QED) is 0.309. The highest BCUT2D eigenvalue weighted by Crippen LogP contribution is 2.45. The fraction of sp³-hybridized carbons (Fsp3) is 0.100. The molecule has 2 aromatic carbocycles. The molecule has 2 aromatic rings. The molecule has 3 nitrogen and oxygen atoms in total. The molecular formula is C20H15NO2. The van der Waals surface area contributed by atoms with E-state index in [-0.39, 0.29) is 12.3 Å². The summed E-state index contributed by atoms with van der Waals surface area (Å²) in [5, 5.41) is 0. The smallest absolute Gasteiger partial charge is 0.337 e. The number of esters is 1. The van der Waals surface area contributed by atoms with E-state index in [1.807, 2.05) is 55.5 Å². The molecule has 0 aliphatic heterocycles. The zero-order valence-corrected chi connectivity index (χ0v) is 12.7. The number of fused-ring (bicyclic) bond motifs is 3. The average molecular weight is 301 g/mol. The van der Waals surface area contributed by atoms with Gasteiger partial charge < -0.3 is 4.74 Å². The Balaban J connectivity index is 2.17. The van der Waals surface area contributed by atoms with Crippen LogP contribution in [0.1, 0.15) is 18.1 Å². The Labute approximate surface area is 135 Å². The van der Waals surface area contributed by atoms with Crippen LogP contribution in [0.4, 0.5) is 0 Å². The van der Waals surface area contributed by atoms with Crippen LogP contribution in [-0.4, -0.2) is 12.6 Å². The highest BCUT2D eigenvalue weighted by Gasteiger charge is 2.28. The van der Waals surface area contributed by atoms with Crippen LogP contribution >= 0.6 is 0 Å². The predicted octanol–water partition coefficient (Wildman–Crippen LogP) is 4.46. The number of hydrogen-bond donors (Lipinski definition) is 0. The molecule has 3 rings (SSSR count). The van der Waals surface area contributed by atoms with Gasteiger partial charge in [0.05, 0.1) is 6.57 Å². The lowest BCUT2D eigenvalue weighted by atomic mass is 10.0.